The third-order valence-electron chi connectivity index (χ3n) is 8.35. The molecule has 247 valence electrons. The first-order chi connectivity index (χ1) is 23.2. The molecule has 6 rings (SSSR count). The maximum Gasteiger partial charge on any atom is 0.0748 e. The second kappa shape index (κ2) is 20.2. The quantitative estimate of drug-likeness (QED) is 0.0862. The minimum atomic E-state index is 0. The number of hydrogen-bond donors (Lipinski definition) is 0. The maximum absolute atomic E-state index is 4.59. The predicted octanol–water partition coefficient (Wildman–Crippen LogP) is 11.8. The summed E-state index contributed by atoms with van der Waals surface area (Å²) in [5.74, 6) is 0.748. The van der Waals surface area contributed by atoms with Crippen molar-refractivity contribution in [3.63, 3.8) is 0 Å². The zero-order valence-corrected chi connectivity index (χ0v) is 30.6. The number of hydrogen-bond acceptors (Lipinski definition) is 3. The molecule has 0 aliphatic rings. The van der Waals surface area contributed by atoms with Gasteiger partial charge in [-0.2, -0.15) is 0 Å². The zero-order chi connectivity index (χ0) is 32.5. The first kappa shape index (κ1) is 36.6. The summed E-state index contributed by atoms with van der Waals surface area (Å²) in [6, 6.07) is 43.7. The molecule has 0 N–H and O–H groups in total. The molecule has 4 heteroatoms. The molecule has 6 aromatic rings. The molecule has 0 atom stereocenters. The second-order valence-electron chi connectivity index (χ2n) is 12.0. The van der Waals surface area contributed by atoms with Gasteiger partial charge >= 0.3 is 0 Å². The Hall–Kier alpha value is -4.24. The van der Waals surface area contributed by atoms with Gasteiger partial charge in [0, 0.05) is 38.7 Å². The van der Waals surface area contributed by atoms with Crippen LogP contribution in [0.4, 0.5) is 0 Å². The molecule has 0 amide bonds. The van der Waals surface area contributed by atoms with Crippen LogP contribution in [0.5, 0.6) is 0 Å². The Balaban J connectivity index is 0.000000227. The predicted molar refractivity (Wildman–Crippen MR) is 197 cm³/mol. The number of rotatable bonds is 13. The summed E-state index contributed by atoms with van der Waals surface area (Å²) in [5.41, 5.74) is 10.2. The van der Waals surface area contributed by atoms with Crippen molar-refractivity contribution < 1.29 is 20.1 Å². The topological polar surface area (TPSA) is 38.7 Å². The Kier molecular flexibility index (Phi) is 15.4. The van der Waals surface area contributed by atoms with Crippen molar-refractivity contribution >= 4 is 0 Å². The van der Waals surface area contributed by atoms with E-state index in [1.54, 1.807) is 0 Å². The summed E-state index contributed by atoms with van der Waals surface area (Å²) >= 11 is 0. The normalized spacial score (nSPS) is 10.5. The van der Waals surface area contributed by atoms with Gasteiger partial charge in [0.05, 0.1) is 5.82 Å². The molecule has 0 unspecified atom stereocenters. The summed E-state index contributed by atoms with van der Waals surface area (Å²) in [5, 5.41) is 0. The van der Waals surface area contributed by atoms with Crippen molar-refractivity contribution in [1.29, 1.82) is 0 Å². The number of aryl methyl sites for hydroxylation is 2. The molecule has 48 heavy (non-hydrogen) atoms. The second-order valence-corrected chi connectivity index (χ2v) is 12.0. The molecule has 0 spiro atoms. The van der Waals surface area contributed by atoms with E-state index in [2.05, 4.69) is 120 Å². The van der Waals surface area contributed by atoms with Crippen LogP contribution in [0.3, 0.4) is 0 Å². The van der Waals surface area contributed by atoms with Gasteiger partial charge in [-0.15, -0.1) is 70.8 Å². The van der Waals surface area contributed by atoms with Gasteiger partial charge in [0.25, 0.3) is 0 Å². The number of unbranched alkanes of at least 4 members (excludes halogenated alkanes) is 7. The van der Waals surface area contributed by atoms with E-state index in [1.165, 1.54) is 84.7 Å². The summed E-state index contributed by atoms with van der Waals surface area (Å²) in [6.07, 6.45) is 17.6. The SMILES string of the molecule is CCCCCCCCCCc1cnc(-c2[c-]ccc(-c3ccccc3)c2)nc1.Cc1cccnc1-c1[c-]ccc(-c2ccccc2)c1.[Ir]. The van der Waals surface area contributed by atoms with Crippen molar-refractivity contribution in [2.45, 2.75) is 71.6 Å². The van der Waals surface area contributed by atoms with E-state index in [9.17, 15) is 0 Å². The average molecular weight is 808 g/mol. The minimum Gasteiger partial charge on any atom is -0.304 e. The first-order valence-electron chi connectivity index (χ1n) is 17.1. The fourth-order valence-corrected chi connectivity index (χ4v) is 5.67. The monoisotopic (exact) mass is 808 g/mol. The number of nitrogens with zero attached hydrogens (tertiary/aromatic N) is 3. The summed E-state index contributed by atoms with van der Waals surface area (Å²) in [7, 11) is 0. The van der Waals surface area contributed by atoms with Gasteiger partial charge in [-0.05, 0) is 48.2 Å². The van der Waals surface area contributed by atoms with Gasteiger partial charge in [-0.3, -0.25) is 9.97 Å². The molecule has 4 aromatic carbocycles. The summed E-state index contributed by atoms with van der Waals surface area (Å²) in [4.78, 5) is 13.6. The Bertz CT molecular complexity index is 1770. The van der Waals surface area contributed by atoms with E-state index >= 15 is 0 Å². The Labute approximate surface area is 301 Å². The third kappa shape index (κ3) is 11.2. The molecular formula is C44H45IrN3-2. The molecule has 0 bridgehead atoms. The van der Waals surface area contributed by atoms with Crippen LogP contribution >= 0.6 is 0 Å². The molecule has 0 saturated heterocycles. The molecule has 0 aliphatic heterocycles. The number of pyridine rings is 1. The van der Waals surface area contributed by atoms with Crippen molar-refractivity contribution in [1.82, 2.24) is 15.0 Å². The van der Waals surface area contributed by atoms with Gasteiger partial charge in [-0.1, -0.05) is 124 Å². The molecule has 0 saturated carbocycles. The molecule has 2 heterocycles. The first-order valence-corrected chi connectivity index (χ1v) is 17.1. The Morgan fingerprint density at radius 3 is 1.67 bits per heavy atom. The van der Waals surface area contributed by atoms with Crippen LogP contribution in [-0.2, 0) is 26.5 Å². The number of benzene rings is 4. The Morgan fingerprint density at radius 1 is 0.542 bits per heavy atom. The van der Waals surface area contributed by atoms with Crippen molar-refractivity contribution in [2.24, 2.45) is 0 Å². The van der Waals surface area contributed by atoms with E-state index in [4.69, 9.17) is 0 Å². The summed E-state index contributed by atoms with van der Waals surface area (Å²) in [6.45, 7) is 4.34. The van der Waals surface area contributed by atoms with Gasteiger partial charge in [-0.25, -0.2) is 0 Å². The van der Waals surface area contributed by atoms with Gasteiger partial charge in [0.15, 0.2) is 0 Å². The standard InChI is InChI=1S/C26H31N2.C18H14N.Ir/c1-2-3-4-5-6-7-8-10-14-22-20-27-26(28-21-22)25-18-13-17-24(19-25)23-15-11-9-12-16-23;1-14-7-6-12-19-18(14)17-11-5-10-16(13-17)15-8-3-2-4-9-15;/h9,11-13,15-17,19-21H,2-8,10,14H2,1H3;2-10,12-13H,1H3;/q2*-1;. The molecule has 1 radical (unpaired) electrons. The third-order valence-corrected chi connectivity index (χ3v) is 8.35. The fourth-order valence-electron chi connectivity index (χ4n) is 5.67. The van der Waals surface area contributed by atoms with Gasteiger partial charge < -0.3 is 4.98 Å². The van der Waals surface area contributed by atoms with Crippen LogP contribution < -0.4 is 0 Å². The van der Waals surface area contributed by atoms with E-state index in [0.717, 1.165) is 29.1 Å². The van der Waals surface area contributed by atoms with E-state index in [0.29, 0.717) is 0 Å². The molecule has 0 fully saturated rings. The van der Waals surface area contributed by atoms with Crippen LogP contribution in [0.15, 0.2) is 128 Å². The van der Waals surface area contributed by atoms with E-state index in [1.807, 2.05) is 48.9 Å². The minimum absolute atomic E-state index is 0. The van der Waals surface area contributed by atoms with Crippen LogP contribution in [0, 0.1) is 19.1 Å². The largest absolute Gasteiger partial charge is 0.304 e. The zero-order valence-electron chi connectivity index (χ0n) is 28.2. The van der Waals surface area contributed by atoms with Crippen LogP contribution in [-0.4, -0.2) is 15.0 Å². The van der Waals surface area contributed by atoms with Gasteiger partial charge in [0.1, 0.15) is 0 Å². The maximum atomic E-state index is 4.59. The van der Waals surface area contributed by atoms with Crippen LogP contribution in [0.25, 0.3) is 44.9 Å². The van der Waals surface area contributed by atoms with Crippen molar-refractivity contribution in [2.75, 3.05) is 0 Å². The van der Waals surface area contributed by atoms with E-state index < -0.39 is 0 Å². The fraction of sp³-hybridized carbons (Fsp3) is 0.250. The van der Waals surface area contributed by atoms with E-state index in [-0.39, 0.29) is 20.1 Å². The average Bonchev–Trinajstić information content (AvgIpc) is 3.14. The molecular weight excluding hydrogens is 763 g/mol. The molecule has 2 aromatic heterocycles. The molecule has 0 aliphatic carbocycles. The Morgan fingerprint density at radius 2 is 1.08 bits per heavy atom. The van der Waals surface area contributed by atoms with Crippen LogP contribution in [0.2, 0.25) is 0 Å². The summed E-state index contributed by atoms with van der Waals surface area (Å²) < 4.78 is 0. The van der Waals surface area contributed by atoms with Crippen molar-refractivity contribution in [3.8, 4) is 44.9 Å². The molecule has 3 nitrogen and oxygen atoms in total. The smallest absolute Gasteiger partial charge is 0.0748 e. The van der Waals surface area contributed by atoms with Crippen molar-refractivity contribution in [3.05, 3.63) is 151 Å². The van der Waals surface area contributed by atoms with Crippen LogP contribution in [0.1, 0.15) is 69.4 Å². The number of aromatic nitrogens is 3. The van der Waals surface area contributed by atoms with Gasteiger partial charge in [0.2, 0.25) is 0 Å².